The van der Waals surface area contributed by atoms with Crippen LogP contribution in [0.5, 0.6) is 5.75 Å². The van der Waals surface area contributed by atoms with Crippen molar-refractivity contribution in [2.45, 2.75) is 0 Å². The number of pyridine rings is 1. The minimum Gasteiger partial charge on any atom is -0.508 e. The van der Waals surface area contributed by atoms with Gasteiger partial charge in [-0.2, -0.15) is 4.39 Å². The molecule has 1 N–H and O–H groups in total. The van der Waals surface area contributed by atoms with Crippen LogP contribution in [-0.4, -0.2) is 10.1 Å². The molecule has 1 heterocycles. The molecule has 0 saturated heterocycles. The quantitative estimate of drug-likeness (QED) is 0.699. The molecule has 0 amide bonds. The second kappa shape index (κ2) is 3.46. The molecule has 1 aromatic carbocycles. The van der Waals surface area contributed by atoms with Crippen LogP contribution in [0.4, 0.5) is 4.39 Å². The molecule has 0 saturated carbocycles. The molecule has 2 aromatic rings. The van der Waals surface area contributed by atoms with Gasteiger partial charge in [0.05, 0.1) is 0 Å². The van der Waals surface area contributed by atoms with E-state index in [1.165, 1.54) is 18.3 Å². The summed E-state index contributed by atoms with van der Waals surface area (Å²) < 4.78 is 13.2. The van der Waals surface area contributed by atoms with E-state index in [2.05, 4.69) is 4.98 Å². The molecule has 3 heteroatoms. The molecule has 0 unspecified atom stereocenters. The van der Waals surface area contributed by atoms with Gasteiger partial charge >= 0.3 is 0 Å². The van der Waals surface area contributed by atoms with Crippen molar-refractivity contribution in [3.05, 3.63) is 48.5 Å². The Morgan fingerprint density at radius 1 is 1.07 bits per heavy atom. The summed E-state index contributed by atoms with van der Waals surface area (Å²) in [6, 6.07) is 9.65. The summed E-state index contributed by atoms with van der Waals surface area (Å²) >= 11 is 0. The number of benzene rings is 1. The zero-order valence-corrected chi connectivity index (χ0v) is 7.31. The van der Waals surface area contributed by atoms with Crippen molar-refractivity contribution >= 4 is 0 Å². The fourth-order valence-corrected chi connectivity index (χ4v) is 1.24. The maximum absolute atomic E-state index is 13.2. The molecular weight excluding hydrogens is 181 g/mol. The van der Waals surface area contributed by atoms with Crippen molar-refractivity contribution in [3.63, 3.8) is 0 Å². The lowest BCUT2D eigenvalue weighted by molar-refractivity contribution is 0.475. The average molecular weight is 189 g/mol. The van der Waals surface area contributed by atoms with Crippen molar-refractivity contribution in [1.82, 2.24) is 4.98 Å². The third kappa shape index (κ3) is 1.57. The average Bonchev–Trinajstić information content (AvgIpc) is 2.20. The lowest BCUT2D eigenvalue weighted by Crippen LogP contribution is -1.86. The highest BCUT2D eigenvalue weighted by Crippen LogP contribution is 2.22. The molecule has 0 atom stereocenters. The fraction of sp³-hybridized carbons (Fsp3) is 0. The standard InChI is InChI=1S/C11H8FNO/c12-11-10(2-1-7-13-11)8-3-5-9(14)6-4-8/h1-7,14H. The van der Waals surface area contributed by atoms with Crippen molar-refractivity contribution in [2.24, 2.45) is 0 Å². The summed E-state index contributed by atoms with van der Waals surface area (Å²) in [7, 11) is 0. The lowest BCUT2D eigenvalue weighted by atomic mass is 10.1. The smallest absolute Gasteiger partial charge is 0.220 e. The van der Waals surface area contributed by atoms with E-state index < -0.39 is 5.95 Å². The van der Waals surface area contributed by atoms with Crippen LogP contribution in [0.15, 0.2) is 42.6 Å². The number of phenolic OH excluding ortho intramolecular Hbond substituents is 1. The maximum atomic E-state index is 13.2. The molecule has 0 spiro atoms. The molecule has 0 aliphatic rings. The zero-order chi connectivity index (χ0) is 9.97. The lowest BCUT2D eigenvalue weighted by Gasteiger charge is -2.01. The molecule has 70 valence electrons. The Balaban J connectivity index is 2.50. The molecule has 0 bridgehead atoms. The Labute approximate surface area is 80.7 Å². The van der Waals surface area contributed by atoms with Crippen LogP contribution >= 0.6 is 0 Å². The van der Waals surface area contributed by atoms with Gasteiger partial charge in [0.2, 0.25) is 5.95 Å². The Morgan fingerprint density at radius 2 is 1.79 bits per heavy atom. The highest BCUT2D eigenvalue weighted by Gasteiger charge is 2.04. The molecule has 0 fully saturated rings. The topological polar surface area (TPSA) is 33.1 Å². The highest BCUT2D eigenvalue weighted by molar-refractivity contribution is 5.63. The van der Waals surface area contributed by atoms with Gasteiger partial charge in [-0.3, -0.25) is 0 Å². The second-order valence-corrected chi connectivity index (χ2v) is 2.89. The van der Waals surface area contributed by atoms with Crippen LogP contribution in [-0.2, 0) is 0 Å². The maximum Gasteiger partial charge on any atom is 0.220 e. The predicted octanol–water partition coefficient (Wildman–Crippen LogP) is 2.59. The van der Waals surface area contributed by atoms with Gasteiger partial charge in [-0.05, 0) is 29.8 Å². The van der Waals surface area contributed by atoms with E-state index in [1.54, 1.807) is 24.3 Å². The van der Waals surface area contributed by atoms with Crippen molar-refractivity contribution < 1.29 is 9.50 Å². The summed E-state index contributed by atoms with van der Waals surface area (Å²) in [5.74, 6) is -0.337. The number of hydrogen-bond donors (Lipinski definition) is 1. The van der Waals surface area contributed by atoms with Crippen LogP contribution in [0.3, 0.4) is 0 Å². The number of aromatic nitrogens is 1. The van der Waals surface area contributed by atoms with Gasteiger partial charge in [0.15, 0.2) is 0 Å². The molecule has 0 aliphatic carbocycles. The van der Waals surface area contributed by atoms with Gasteiger partial charge in [-0.15, -0.1) is 0 Å². The summed E-state index contributed by atoms with van der Waals surface area (Å²) in [6.07, 6.45) is 1.40. The third-order valence-electron chi connectivity index (χ3n) is 1.94. The zero-order valence-electron chi connectivity index (χ0n) is 7.31. The van der Waals surface area contributed by atoms with E-state index >= 15 is 0 Å². The predicted molar refractivity (Wildman–Crippen MR) is 51.3 cm³/mol. The van der Waals surface area contributed by atoms with Crippen molar-refractivity contribution in [2.75, 3.05) is 0 Å². The van der Waals surface area contributed by atoms with Gasteiger partial charge in [-0.1, -0.05) is 12.1 Å². The van der Waals surface area contributed by atoms with Gasteiger partial charge in [-0.25, -0.2) is 4.98 Å². The van der Waals surface area contributed by atoms with E-state index in [9.17, 15) is 4.39 Å². The first-order valence-corrected chi connectivity index (χ1v) is 4.17. The molecule has 2 rings (SSSR count). The summed E-state index contributed by atoms with van der Waals surface area (Å²) in [5.41, 5.74) is 1.14. The van der Waals surface area contributed by atoms with Crippen LogP contribution in [0, 0.1) is 5.95 Å². The van der Waals surface area contributed by atoms with E-state index in [-0.39, 0.29) is 5.75 Å². The number of halogens is 1. The minimum absolute atomic E-state index is 0.165. The first-order chi connectivity index (χ1) is 6.77. The number of hydrogen-bond acceptors (Lipinski definition) is 2. The third-order valence-corrected chi connectivity index (χ3v) is 1.94. The second-order valence-electron chi connectivity index (χ2n) is 2.89. The SMILES string of the molecule is Oc1ccc(-c2cccnc2F)cc1. The van der Waals surface area contributed by atoms with E-state index in [0.717, 1.165) is 0 Å². The largest absolute Gasteiger partial charge is 0.508 e. The Bertz CT molecular complexity index is 439. The van der Waals surface area contributed by atoms with Crippen LogP contribution < -0.4 is 0 Å². The van der Waals surface area contributed by atoms with Gasteiger partial charge < -0.3 is 5.11 Å². The monoisotopic (exact) mass is 189 g/mol. The van der Waals surface area contributed by atoms with Gasteiger partial charge in [0.1, 0.15) is 5.75 Å². The van der Waals surface area contributed by atoms with Crippen molar-refractivity contribution in [1.29, 1.82) is 0 Å². The molecule has 2 nitrogen and oxygen atoms in total. The first kappa shape index (κ1) is 8.69. The first-order valence-electron chi connectivity index (χ1n) is 4.17. The number of aromatic hydroxyl groups is 1. The van der Waals surface area contributed by atoms with Crippen LogP contribution in [0.2, 0.25) is 0 Å². The molecule has 1 aromatic heterocycles. The summed E-state index contributed by atoms with van der Waals surface area (Å²) in [5, 5.41) is 9.06. The van der Waals surface area contributed by atoms with E-state index in [4.69, 9.17) is 5.11 Å². The van der Waals surface area contributed by atoms with Crippen LogP contribution in [0.1, 0.15) is 0 Å². The Kier molecular flexibility index (Phi) is 2.14. The number of phenols is 1. The molecule has 0 aliphatic heterocycles. The Hall–Kier alpha value is -1.90. The van der Waals surface area contributed by atoms with Crippen molar-refractivity contribution in [3.8, 4) is 16.9 Å². The summed E-state index contributed by atoms with van der Waals surface area (Å²) in [6.45, 7) is 0. The minimum atomic E-state index is -0.502. The summed E-state index contributed by atoms with van der Waals surface area (Å²) in [4.78, 5) is 3.55. The van der Waals surface area contributed by atoms with E-state index in [0.29, 0.717) is 11.1 Å². The normalized spacial score (nSPS) is 10.1. The fourth-order valence-electron chi connectivity index (χ4n) is 1.24. The Morgan fingerprint density at radius 3 is 2.43 bits per heavy atom. The highest BCUT2D eigenvalue weighted by atomic mass is 19.1. The van der Waals surface area contributed by atoms with E-state index in [1.807, 2.05) is 0 Å². The van der Waals surface area contributed by atoms with Crippen LogP contribution in [0.25, 0.3) is 11.1 Å². The molecule has 0 radical (unpaired) electrons. The number of nitrogens with zero attached hydrogens (tertiary/aromatic N) is 1. The number of rotatable bonds is 1. The molecular formula is C11H8FNO. The molecule has 14 heavy (non-hydrogen) atoms. The van der Waals surface area contributed by atoms with Gasteiger partial charge in [0, 0.05) is 11.8 Å². The van der Waals surface area contributed by atoms with Gasteiger partial charge in [0.25, 0.3) is 0 Å².